The summed E-state index contributed by atoms with van der Waals surface area (Å²) in [6.07, 6.45) is 3.35. The van der Waals surface area contributed by atoms with Gasteiger partial charge in [0.05, 0.1) is 18.6 Å². The second-order valence-corrected chi connectivity index (χ2v) is 6.08. The van der Waals surface area contributed by atoms with Gasteiger partial charge in [0, 0.05) is 23.8 Å². The van der Waals surface area contributed by atoms with Crippen LogP contribution in [0.25, 0.3) is 0 Å². The molecule has 28 heavy (non-hydrogen) atoms. The van der Waals surface area contributed by atoms with Crippen LogP contribution < -0.4 is 15.4 Å². The summed E-state index contributed by atoms with van der Waals surface area (Å²) < 4.78 is 5.40. The van der Waals surface area contributed by atoms with E-state index in [9.17, 15) is 9.59 Å². The van der Waals surface area contributed by atoms with Crippen molar-refractivity contribution in [2.24, 2.45) is 0 Å². The molecule has 0 spiro atoms. The fourth-order valence-electron chi connectivity index (χ4n) is 2.64. The molecular weight excluding hydrogens is 354 g/mol. The molecule has 2 N–H and O–H groups in total. The molecule has 0 aliphatic heterocycles. The molecule has 0 bridgehead atoms. The Labute approximate surface area is 163 Å². The van der Waals surface area contributed by atoms with E-state index in [-0.39, 0.29) is 18.2 Å². The highest BCUT2D eigenvalue weighted by Gasteiger charge is 2.08. The molecule has 6 heteroatoms. The maximum Gasteiger partial charge on any atom is 0.257 e. The number of anilines is 2. The summed E-state index contributed by atoms with van der Waals surface area (Å²) in [5, 5.41) is 5.65. The predicted octanol–water partition coefficient (Wildman–Crippen LogP) is 3.91. The minimum atomic E-state index is -0.258. The summed E-state index contributed by atoms with van der Waals surface area (Å²) in [4.78, 5) is 28.5. The van der Waals surface area contributed by atoms with Gasteiger partial charge in [0.1, 0.15) is 5.75 Å². The molecule has 0 fully saturated rings. The van der Waals surface area contributed by atoms with Crippen molar-refractivity contribution in [1.29, 1.82) is 0 Å². The first-order valence-corrected chi connectivity index (χ1v) is 8.97. The number of amides is 2. The number of pyridine rings is 1. The molecule has 3 aromatic rings. The number of nitrogens with zero attached hydrogens (tertiary/aromatic N) is 1. The van der Waals surface area contributed by atoms with Crippen LogP contribution in [0.2, 0.25) is 0 Å². The van der Waals surface area contributed by atoms with E-state index in [4.69, 9.17) is 4.74 Å². The van der Waals surface area contributed by atoms with E-state index < -0.39 is 0 Å². The van der Waals surface area contributed by atoms with E-state index in [1.54, 1.807) is 42.6 Å². The van der Waals surface area contributed by atoms with Crippen LogP contribution >= 0.6 is 0 Å². The Balaban J connectivity index is 1.59. The summed E-state index contributed by atoms with van der Waals surface area (Å²) in [5.74, 6) is 0.384. The van der Waals surface area contributed by atoms with Crippen LogP contribution in [0.15, 0.2) is 73.1 Å². The Hall–Kier alpha value is -3.67. The van der Waals surface area contributed by atoms with Gasteiger partial charge in [-0.05, 0) is 55.0 Å². The number of rotatable bonds is 7. The van der Waals surface area contributed by atoms with Crippen molar-refractivity contribution in [1.82, 2.24) is 4.98 Å². The van der Waals surface area contributed by atoms with Crippen molar-refractivity contribution in [3.05, 3.63) is 84.2 Å². The van der Waals surface area contributed by atoms with E-state index in [0.717, 1.165) is 11.3 Å². The summed E-state index contributed by atoms with van der Waals surface area (Å²) >= 11 is 0. The molecule has 2 amide bonds. The molecule has 0 aliphatic rings. The summed E-state index contributed by atoms with van der Waals surface area (Å²) in [6.45, 7) is 2.53. The first-order valence-electron chi connectivity index (χ1n) is 8.97. The standard InChI is InChI=1S/C22H21N3O3/c1-2-28-20-10-8-16(9-11-20)13-21(26)24-18-6-3-7-19(14-18)25-22(27)17-5-4-12-23-15-17/h3-12,14-15H,2,13H2,1H3,(H,24,26)(H,25,27). The molecular formula is C22H21N3O3. The van der Waals surface area contributed by atoms with Gasteiger partial charge in [-0.15, -0.1) is 0 Å². The predicted molar refractivity (Wildman–Crippen MR) is 109 cm³/mol. The van der Waals surface area contributed by atoms with Crippen LogP contribution in [0.1, 0.15) is 22.8 Å². The molecule has 0 saturated heterocycles. The van der Waals surface area contributed by atoms with Gasteiger partial charge in [-0.25, -0.2) is 0 Å². The van der Waals surface area contributed by atoms with Gasteiger partial charge < -0.3 is 15.4 Å². The minimum absolute atomic E-state index is 0.139. The Morgan fingerprint density at radius 2 is 1.71 bits per heavy atom. The van der Waals surface area contributed by atoms with Crippen molar-refractivity contribution < 1.29 is 14.3 Å². The number of hydrogen-bond donors (Lipinski definition) is 2. The quantitative estimate of drug-likeness (QED) is 0.656. The molecule has 6 nitrogen and oxygen atoms in total. The van der Waals surface area contributed by atoms with E-state index in [1.165, 1.54) is 6.20 Å². The highest BCUT2D eigenvalue weighted by Crippen LogP contribution is 2.17. The van der Waals surface area contributed by atoms with Crippen molar-refractivity contribution in [2.45, 2.75) is 13.3 Å². The van der Waals surface area contributed by atoms with Gasteiger partial charge in [-0.1, -0.05) is 18.2 Å². The Morgan fingerprint density at radius 3 is 2.39 bits per heavy atom. The maximum absolute atomic E-state index is 12.3. The number of benzene rings is 2. The van der Waals surface area contributed by atoms with E-state index in [1.807, 2.05) is 31.2 Å². The highest BCUT2D eigenvalue weighted by molar-refractivity contribution is 6.04. The van der Waals surface area contributed by atoms with Gasteiger partial charge in [-0.3, -0.25) is 14.6 Å². The Kier molecular flexibility index (Phi) is 6.36. The third kappa shape index (κ3) is 5.41. The normalized spacial score (nSPS) is 10.2. The van der Waals surface area contributed by atoms with Crippen LogP contribution in [0.3, 0.4) is 0 Å². The molecule has 1 aromatic heterocycles. The third-order valence-corrected chi connectivity index (χ3v) is 3.93. The molecule has 2 aromatic carbocycles. The zero-order chi connectivity index (χ0) is 19.8. The minimum Gasteiger partial charge on any atom is -0.494 e. The van der Waals surface area contributed by atoms with Gasteiger partial charge in [0.15, 0.2) is 0 Å². The van der Waals surface area contributed by atoms with Crippen molar-refractivity contribution in [3.63, 3.8) is 0 Å². The molecule has 0 aliphatic carbocycles. The molecule has 0 saturated carbocycles. The summed E-state index contributed by atoms with van der Waals surface area (Å²) in [5.41, 5.74) is 2.56. The smallest absolute Gasteiger partial charge is 0.257 e. The lowest BCUT2D eigenvalue weighted by molar-refractivity contribution is -0.115. The van der Waals surface area contributed by atoms with Crippen LogP contribution in [-0.4, -0.2) is 23.4 Å². The molecule has 3 rings (SSSR count). The topological polar surface area (TPSA) is 80.3 Å². The van der Waals surface area contributed by atoms with E-state index in [0.29, 0.717) is 23.5 Å². The van der Waals surface area contributed by atoms with E-state index >= 15 is 0 Å². The number of carbonyl (C=O) groups excluding carboxylic acids is 2. The van der Waals surface area contributed by atoms with Gasteiger partial charge >= 0.3 is 0 Å². The largest absolute Gasteiger partial charge is 0.494 e. The maximum atomic E-state index is 12.3. The van der Waals surface area contributed by atoms with Gasteiger partial charge in [0.25, 0.3) is 5.91 Å². The first-order chi connectivity index (χ1) is 13.6. The van der Waals surface area contributed by atoms with Gasteiger partial charge in [-0.2, -0.15) is 0 Å². The van der Waals surface area contributed by atoms with E-state index in [2.05, 4.69) is 15.6 Å². The molecule has 0 atom stereocenters. The first kappa shape index (κ1) is 19.1. The fourth-order valence-corrected chi connectivity index (χ4v) is 2.64. The lowest BCUT2D eigenvalue weighted by atomic mass is 10.1. The zero-order valence-electron chi connectivity index (χ0n) is 15.5. The summed E-state index contributed by atoms with van der Waals surface area (Å²) in [6, 6.07) is 17.8. The van der Waals surface area contributed by atoms with Crippen molar-refractivity contribution >= 4 is 23.2 Å². The van der Waals surface area contributed by atoms with Crippen molar-refractivity contribution in [2.75, 3.05) is 17.2 Å². The van der Waals surface area contributed by atoms with Crippen LogP contribution in [0.4, 0.5) is 11.4 Å². The Bertz CT molecular complexity index is 941. The molecule has 0 unspecified atom stereocenters. The second-order valence-electron chi connectivity index (χ2n) is 6.08. The SMILES string of the molecule is CCOc1ccc(CC(=O)Nc2cccc(NC(=O)c3cccnc3)c2)cc1. The third-order valence-electron chi connectivity index (χ3n) is 3.93. The number of hydrogen-bond acceptors (Lipinski definition) is 4. The fraction of sp³-hybridized carbons (Fsp3) is 0.136. The van der Waals surface area contributed by atoms with Crippen LogP contribution in [0, 0.1) is 0 Å². The number of carbonyl (C=O) groups is 2. The lowest BCUT2D eigenvalue weighted by Crippen LogP contribution is -2.15. The average Bonchev–Trinajstić information content (AvgIpc) is 2.70. The van der Waals surface area contributed by atoms with Crippen LogP contribution in [-0.2, 0) is 11.2 Å². The monoisotopic (exact) mass is 375 g/mol. The number of aromatic nitrogens is 1. The second kappa shape index (κ2) is 9.32. The number of ether oxygens (including phenoxy) is 1. The zero-order valence-corrected chi connectivity index (χ0v) is 15.5. The van der Waals surface area contributed by atoms with Crippen molar-refractivity contribution in [3.8, 4) is 5.75 Å². The lowest BCUT2D eigenvalue weighted by Gasteiger charge is -2.09. The van der Waals surface area contributed by atoms with Crippen LogP contribution in [0.5, 0.6) is 5.75 Å². The summed E-state index contributed by atoms with van der Waals surface area (Å²) in [7, 11) is 0. The molecule has 0 radical (unpaired) electrons. The van der Waals surface area contributed by atoms with Gasteiger partial charge in [0.2, 0.25) is 5.91 Å². The molecule has 142 valence electrons. The average molecular weight is 375 g/mol. The Morgan fingerprint density at radius 1 is 0.964 bits per heavy atom. The molecule has 1 heterocycles. The number of nitrogens with one attached hydrogen (secondary N) is 2. The highest BCUT2D eigenvalue weighted by atomic mass is 16.5.